The normalized spacial score (nSPS) is 19.5. The van der Waals surface area contributed by atoms with Crippen LogP contribution in [0.1, 0.15) is 169 Å². The molecule has 4 saturated heterocycles. The first kappa shape index (κ1) is 102. The highest BCUT2D eigenvalue weighted by atomic mass is 35.5. The van der Waals surface area contributed by atoms with Crippen molar-refractivity contribution in [3.63, 3.8) is 0 Å². The zero-order chi connectivity index (χ0) is 98.0. The number of amides is 4. The molecule has 4 aliphatic carbocycles. The predicted molar refractivity (Wildman–Crippen MR) is 516 cm³/mol. The molecule has 4 fully saturated rings. The first-order chi connectivity index (χ1) is 65.6. The van der Waals surface area contributed by atoms with Crippen molar-refractivity contribution in [1.82, 2.24) is 76.7 Å². The standard InChI is InChI=1S/C25H27ClN4O3S.C25H25F3N4O3S.C25H27FN4O3S.C24H24F2N4O3S.2CH4/c1-17-7-8-19(13-21(17)26)24(31)28-22-14-18-5-3-4-6-20(18)25(22)9-11-30(12-10-25)34(32,33)23-15-29(2)16-27-23;1-31-15-22(29-16-31)36(34,35)32-12-10-24(11-13-32)19-8-4-2-6-17(19)14-21(24)30-23(33)18-7-3-5-9-20(18)25(26,27)28;1-17-7-8-19(21(26)13-17)24(31)28-22-14-18-5-3-4-6-20(18)25(22)9-11-30(12-10-25)34(32,33)23-15-29(2)16-27-23;1-29-14-21(27-15-29)34(32,33)30-11-9-24(10-12-30)17-6-3-2-5-16(17)13-20(24)28-23(31)22-18(25)7-4-8-19(22)26;;/h3-8,13,15-16,22H,9-12,14H2,1-2H3,(H,28,31);2-9,15-16,21H,10-14H2,1H3,(H,30,33);3-8,13,15-16,22H,9-12,14H2,1-2H3,(H,28,31);2-8,14-15,20H,9-13H2,1H3,(H,28,31);2*1H4. The van der Waals surface area contributed by atoms with Gasteiger partial charge < -0.3 is 39.5 Å². The molecule has 28 nitrogen and oxygen atoms in total. The predicted octanol–water partition coefficient (Wildman–Crippen LogP) is 14.0. The molecule has 4 spiro atoms. The lowest BCUT2D eigenvalue weighted by molar-refractivity contribution is -0.138. The molecule has 4 unspecified atom stereocenters. The highest BCUT2D eigenvalue weighted by molar-refractivity contribution is 7.90. The van der Waals surface area contributed by atoms with Crippen LogP contribution in [0.15, 0.2) is 246 Å². The minimum absolute atomic E-state index is 0. The number of nitrogens with one attached hydrogen (secondary N) is 4. The average Bonchev–Trinajstić information content (AvgIpc) is 1.58. The quantitative estimate of drug-likeness (QED) is 0.0653. The maximum absolute atomic E-state index is 14.5. The fourth-order valence-electron chi connectivity index (χ4n) is 21.6. The summed E-state index contributed by atoms with van der Waals surface area (Å²) in [6.07, 6.45) is 13.5. The maximum Gasteiger partial charge on any atom is 0.417 e. The number of carbonyl (C=O) groups is 4. The van der Waals surface area contributed by atoms with E-state index in [1.54, 1.807) is 71.6 Å². The fraction of sp³-hybridized carbons (Fsp3) is 0.366. The lowest BCUT2D eigenvalue weighted by Gasteiger charge is -2.43. The Bertz CT molecular complexity index is 7170. The van der Waals surface area contributed by atoms with Gasteiger partial charge in [-0.15, -0.1) is 0 Å². The maximum atomic E-state index is 14.5. The van der Waals surface area contributed by atoms with Gasteiger partial charge in [0, 0.05) is 162 Å². The number of piperidine rings is 4. The topological polar surface area (TPSA) is 337 Å². The minimum atomic E-state index is -4.66. The molecule has 4 aliphatic heterocycles. The van der Waals surface area contributed by atoms with Gasteiger partial charge in [0.25, 0.3) is 63.7 Å². The van der Waals surface area contributed by atoms with Gasteiger partial charge in [0.05, 0.1) is 42.0 Å². The number of aromatic nitrogens is 8. The number of halogens is 7. The van der Waals surface area contributed by atoms with Crippen LogP contribution in [0.4, 0.5) is 26.3 Å². The molecule has 0 bridgehead atoms. The highest BCUT2D eigenvalue weighted by Gasteiger charge is 2.56. The number of fused-ring (bicyclic) bond motifs is 8. The molecule has 8 aromatic carbocycles. The number of carbonyl (C=O) groups excluding carboxylic acids is 4. The van der Waals surface area contributed by atoms with E-state index in [4.69, 9.17) is 11.6 Å². The van der Waals surface area contributed by atoms with Gasteiger partial charge in [0.15, 0.2) is 20.1 Å². The van der Waals surface area contributed by atoms with Crippen molar-refractivity contribution >= 4 is 75.3 Å². The van der Waals surface area contributed by atoms with Gasteiger partial charge in [-0.05, 0) is 195 Å². The van der Waals surface area contributed by atoms with Gasteiger partial charge in [-0.1, -0.05) is 154 Å². The van der Waals surface area contributed by atoms with Gasteiger partial charge in [-0.25, -0.2) is 66.8 Å². The fourth-order valence-corrected chi connectivity index (χ4v) is 27.4. The van der Waals surface area contributed by atoms with Crippen molar-refractivity contribution in [3.8, 4) is 0 Å². The second kappa shape index (κ2) is 40.2. The summed E-state index contributed by atoms with van der Waals surface area (Å²) in [6.45, 7) is 5.96. The molecule has 140 heavy (non-hydrogen) atoms. The summed E-state index contributed by atoms with van der Waals surface area (Å²) >= 11 is 6.25. The first-order valence-corrected chi connectivity index (χ1v) is 51.4. The third kappa shape index (κ3) is 19.6. The highest BCUT2D eigenvalue weighted by Crippen LogP contribution is 2.53. The van der Waals surface area contributed by atoms with Gasteiger partial charge in [0.1, 0.15) is 23.0 Å². The van der Waals surface area contributed by atoms with E-state index in [1.165, 1.54) is 115 Å². The smallest absolute Gasteiger partial charge is 0.348 e. The van der Waals surface area contributed by atoms with E-state index < -0.39 is 126 Å². The summed E-state index contributed by atoms with van der Waals surface area (Å²) in [6, 6.07) is 48.5. The summed E-state index contributed by atoms with van der Waals surface area (Å²) in [4.78, 5) is 68.3. The average molecular weight is 2020 g/mol. The van der Waals surface area contributed by atoms with Crippen molar-refractivity contribution in [1.29, 1.82) is 0 Å². The summed E-state index contributed by atoms with van der Waals surface area (Å²) < 4.78 is 200. The number of nitrogens with zero attached hydrogens (tertiary/aromatic N) is 12. The number of hydrogen-bond donors (Lipinski definition) is 4. The molecule has 20 rings (SSSR count). The van der Waals surface area contributed by atoms with Gasteiger partial charge in [-0.3, -0.25) is 19.2 Å². The molecule has 4 amide bonds. The Labute approximate surface area is 816 Å². The minimum Gasteiger partial charge on any atom is -0.348 e. The largest absolute Gasteiger partial charge is 0.417 e. The number of aryl methyl sites for hydroxylation is 6. The summed E-state index contributed by atoms with van der Waals surface area (Å²) in [5.74, 6) is -4.59. The summed E-state index contributed by atoms with van der Waals surface area (Å²) in [7, 11) is -8.00. The van der Waals surface area contributed by atoms with Crippen LogP contribution >= 0.6 is 11.6 Å². The molecule has 4 aromatic heterocycles. The molecule has 4 N–H and O–H groups in total. The van der Waals surface area contributed by atoms with Crippen molar-refractivity contribution in [2.45, 2.75) is 178 Å². The van der Waals surface area contributed by atoms with Gasteiger partial charge in [0.2, 0.25) is 0 Å². The molecule has 12 aromatic rings. The number of alkyl halides is 3. The molecular weight excluding hydrogens is 1910 g/mol. The van der Waals surface area contributed by atoms with E-state index in [0.29, 0.717) is 114 Å². The van der Waals surface area contributed by atoms with E-state index in [-0.39, 0.29) is 90.1 Å². The Hall–Kier alpha value is -12.0. The second-order valence-corrected chi connectivity index (χ2v) is 44.8. The van der Waals surface area contributed by atoms with E-state index in [1.807, 2.05) is 91.9 Å². The van der Waals surface area contributed by atoms with Gasteiger partial charge >= 0.3 is 6.18 Å². The second-order valence-electron chi connectivity index (χ2n) is 36.9. The van der Waals surface area contributed by atoms with E-state index in [9.17, 15) is 79.2 Å². The number of imidazole rings is 4. The van der Waals surface area contributed by atoms with Crippen LogP contribution in [0.5, 0.6) is 0 Å². The molecule has 0 saturated carbocycles. The Morgan fingerprint density at radius 2 is 0.664 bits per heavy atom. The number of benzene rings is 8. The van der Waals surface area contributed by atoms with Crippen LogP contribution in [-0.4, -0.2) is 189 Å². The van der Waals surface area contributed by atoms with E-state index in [2.05, 4.69) is 59.4 Å². The molecule has 8 aliphatic rings. The molecular formula is C101H111ClF6N16O12S4. The van der Waals surface area contributed by atoms with Crippen LogP contribution in [0, 0.1) is 31.3 Å². The molecule has 4 atom stereocenters. The van der Waals surface area contributed by atoms with Crippen LogP contribution < -0.4 is 21.3 Å². The Kier molecular flexibility index (Phi) is 29.4. The number of rotatable bonds is 16. The Morgan fingerprint density at radius 3 is 0.971 bits per heavy atom. The van der Waals surface area contributed by atoms with Crippen molar-refractivity contribution in [3.05, 3.63) is 332 Å². The van der Waals surface area contributed by atoms with Crippen LogP contribution in [0.2, 0.25) is 5.02 Å². The van der Waals surface area contributed by atoms with Crippen molar-refractivity contribution in [2.24, 2.45) is 28.2 Å². The third-order valence-corrected chi connectivity index (χ3v) is 36.4. The van der Waals surface area contributed by atoms with Crippen LogP contribution in [0.3, 0.4) is 0 Å². The number of hydrogen-bond acceptors (Lipinski definition) is 16. The summed E-state index contributed by atoms with van der Waals surface area (Å²) in [5.41, 5.74) is 7.13. The lowest BCUT2D eigenvalue weighted by Crippen LogP contribution is -2.54. The first-order valence-electron chi connectivity index (χ1n) is 45.3. The van der Waals surface area contributed by atoms with Crippen LogP contribution in [-0.2, 0) is 122 Å². The Morgan fingerprint density at radius 1 is 0.364 bits per heavy atom. The monoisotopic (exact) mass is 2020 g/mol. The van der Waals surface area contributed by atoms with E-state index in [0.717, 1.165) is 62.7 Å². The third-order valence-electron chi connectivity index (χ3n) is 28.9. The zero-order valence-corrected chi connectivity index (χ0v) is 80.4. The molecule has 0 radical (unpaired) electrons. The zero-order valence-electron chi connectivity index (χ0n) is 76.4. The van der Waals surface area contributed by atoms with Gasteiger partial charge in [-0.2, -0.15) is 30.4 Å². The molecule has 740 valence electrons. The SMILES string of the molecule is C.C.Cc1ccc(C(=O)NC2Cc3ccccc3C23CCN(S(=O)(=O)c2cn(C)cn2)CC3)c(F)c1.Cc1ccc(C(=O)NC2Cc3ccccc3C23CCN(S(=O)(=O)c2cn(C)cn2)CC3)cc1Cl.Cn1cnc(S(=O)(=O)N2CCC3(CC2)c2ccccc2CC3NC(=O)c2c(F)cccc2F)c1.Cn1cnc(S(=O)(=O)N2CCC3(CC2)c2ccccc2CC3NC(=O)c2ccccc2C(F)(F)F)c1. The molecule has 39 heteroatoms. The van der Waals surface area contributed by atoms with Crippen LogP contribution in [0.25, 0.3) is 0 Å². The van der Waals surface area contributed by atoms with Crippen molar-refractivity contribution in [2.75, 3.05) is 52.4 Å². The Balaban J connectivity index is 0.000000141. The number of sulfonamides is 4. The van der Waals surface area contributed by atoms with Crippen molar-refractivity contribution < 1.29 is 79.2 Å². The van der Waals surface area contributed by atoms with E-state index >= 15 is 0 Å². The lowest BCUT2D eigenvalue weighted by atomic mass is 9.71. The summed E-state index contributed by atoms with van der Waals surface area (Å²) in [5, 5.41) is 12.7. The molecule has 8 heterocycles.